The van der Waals surface area contributed by atoms with Crippen molar-refractivity contribution in [2.24, 2.45) is 5.92 Å². The summed E-state index contributed by atoms with van der Waals surface area (Å²) in [5, 5.41) is 0. The van der Waals surface area contributed by atoms with Gasteiger partial charge in [-0.25, -0.2) is 4.79 Å². The molecule has 4 nitrogen and oxygen atoms in total. The van der Waals surface area contributed by atoms with Gasteiger partial charge in [0.15, 0.2) is 17.6 Å². The highest BCUT2D eigenvalue weighted by atomic mass is 16.6. The fraction of sp³-hybridized carbons (Fsp3) is 0.500. The molecule has 1 aliphatic rings. The van der Waals surface area contributed by atoms with E-state index in [1.807, 2.05) is 31.2 Å². The Balaban J connectivity index is 2.13. The van der Waals surface area contributed by atoms with E-state index in [0.717, 1.165) is 12.8 Å². The van der Waals surface area contributed by atoms with E-state index in [-0.39, 0.29) is 11.9 Å². The fourth-order valence-electron chi connectivity index (χ4n) is 1.81. The zero-order valence-electron chi connectivity index (χ0n) is 10.7. The molecule has 0 aliphatic heterocycles. The molecule has 0 spiro atoms. The van der Waals surface area contributed by atoms with Crippen LogP contribution < -0.4 is 9.47 Å². The average Bonchev–Trinajstić information content (AvgIpc) is 3.21. The normalized spacial score (nSPS) is 15.9. The summed E-state index contributed by atoms with van der Waals surface area (Å²) in [5.74, 6) is 1.21. The van der Waals surface area contributed by atoms with Crippen molar-refractivity contribution in [2.75, 3.05) is 13.7 Å². The molecule has 1 aromatic carbocycles. The van der Waals surface area contributed by atoms with Gasteiger partial charge in [0, 0.05) is 5.92 Å². The first-order valence-electron chi connectivity index (χ1n) is 6.22. The Morgan fingerprint density at radius 1 is 1.33 bits per heavy atom. The molecule has 0 heterocycles. The number of hydrogen-bond acceptors (Lipinski definition) is 4. The summed E-state index contributed by atoms with van der Waals surface area (Å²) < 4.78 is 16.0. The molecule has 1 saturated carbocycles. The number of esters is 1. The number of carbonyl (C=O) groups excluding carboxylic acids is 1. The molecule has 0 bridgehead atoms. The van der Waals surface area contributed by atoms with Crippen molar-refractivity contribution in [1.82, 2.24) is 0 Å². The van der Waals surface area contributed by atoms with E-state index >= 15 is 0 Å². The lowest BCUT2D eigenvalue weighted by Gasteiger charge is -2.18. The average molecular weight is 250 g/mol. The van der Waals surface area contributed by atoms with Crippen molar-refractivity contribution in [1.29, 1.82) is 0 Å². The third-order valence-corrected chi connectivity index (χ3v) is 2.89. The molecule has 2 rings (SSSR count). The first-order valence-corrected chi connectivity index (χ1v) is 6.22. The smallest absolute Gasteiger partial charge is 0.347 e. The Bertz CT molecular complexity index is 412. The van der Waals surface area contributed by atoms with Crippen LogP contribution in [0.25, 0.3) is 0 Å². The van der Waals surface area contributed by atoms with Gasteiger partial charge in [0.2, 0.25) is 0 Å². The topological polar surface area (TPSA) is 44.8 Å². The number of benzene rings is 1. The lowest BCUT2D eigenvalue weighted by molar-refractivity contribution is -0.149. The molecular formula is C14H18O4. The quantitative estimate of drug-likeness (QED) is 0.727. The van der Waals surface area contributed by atoms with E-state index in [9.17, 15) is 4.79 Å². The third-order valence-electron chi connectivity index (χ3n) is 2.89. The first kappa shape index (κ1) is 12.7. The fourth-order valence-corrected chi connectivity index (χ4v) is 1.81. The number of para-hydroxylation sites is 2. The summed E-state index contributed by atoms with van der Waals surface area (Å²) in [6, 6.07) is 7.38. The molecular weight excluding hydrogens is 232 g/mol. The second-order valence-electron chi connectivity index (χ2n) is 4.28. The van der Waals surface area contributed by atoms with E-state index in [0.29, 0.717) is 18.1 Å². The lowest BCUT2D eigenvalue weighted by atomic mass is 10.2. The van der Waals surface area contributed by atoms with Crippen molar-refractivity contribution in [3.8, 4) is 11.5 Å². The second kappa shape index (κ2) is 5.76. The van der Waals surface area contributed by atoms with Crippen molar-refractivity contribution < 1.29 is 19.0 Å². The van der Waals surface area contributed by atoms with Gasteiger partial charge in [-0.2, -0.15) is 0 Å². The Hall–Kier alpha value is -1.71. The highest BCUT2D eigenvalue weighted by molar-refractivity contribution is 5.76. The zero-order valence-corrected chi connectivity index (χ0v) is 10.7. The molecule has 0 saturated heterocycles. The zero-order chi connectivity index (χ0) is 13.0. The summed E-state index contributed by atoms with van der Waals surface area (Å²) in [6.07, 6.45) is 1.50. The molecule has 98 valence electrons. The highest BCUT2D eigenvalue weighted by Crippen LogP contribution is 2.37. The van der Waals surface area contributed by atoms with Crippen LogP contribution in [0.3, 0.4) is 0 Å². The van der Waals surface area contributed by atoms with Crippen LogP contribution in [-0.2, 0) is 9.53 Å². The molecule has 0 N–H and O–H groups in total. The summed E-state index contributed by atoms with van der Waals surface area (Å²) in [7, 11) is 1.38. The molecule has 1 unspecified atom stereocenters. The van der Waals surface area contributed by atoms with E-state index < -0.39 is 6.10 Å². The van der Waals surface area contributed by atoms with Gasteiger partial charge < -0.3 is 14.2 Å². The minimum Gasteiger partial charge on any atom is -0.490 e. The van der Waals surface area contributed by atoms with Gasteiger partial charge in [-0.05, 0) is 31.9 Å². The van der Waals surface area contributed by atoms with Crippen LogP contribution in [0, 0.1) is 5.92 Å². The number of ether oxygens (including phenoxy) is 3. The molecule has 4 heteroatoms. The molecule has 1 atom stereocenters. The Kier molecular flexibility index (Phi) is 4.07. The van der Waals surface area contributed by atoms with Crippen molar-refractivity contribution >= 4 is 5.97 Å². The van der Waals surface area contributed by atoms with Crippen LogP contribution in [0.2, 0.25) is 0 Å². The monoisotopic (exact) mass is 250 g/mol. The summed E-state index contributed by atoms with van der Waals surface area (Å²) in [5.41, 5.74) is 0. The minimum atomic E-state index is -0.517. The summed E-state index contributed by atoms with van der Waals surface area (Å²) in [6.45, 7) is 2.47. The van der Waals surface area contributed by atoms with Gasteiger partial charge in [0.25, 0.3) is 0 Å². The maximum Gasteiger partial charge on any atom is 0.347 e. The summed E-state index contributed by atoms with van der Waals surface area (Å²) in [4.78, 5) is 11.7. The lowest BCUT2D eigenvalue weighted by Crippen LogP contribution is -2.30. The maximum absolute atomic E-state index is 11.7. The maximum atomic E-state index is 11.7. The van der Waals surface area contributed by atoms with Crippen molar-refractivity contribution in [3.63, 3.8) is 0 Å². The van der Waals surface area contributed by atoms with Crippen LogP contribution >= 0.6 is 0 Å². The molecule has 0 radical (unpaired) electrons. The van der Waals surface area contributed by atoms with Crippen LogP contribution in [0.4, 0.5) is 0 Å². The molecule has 1 aliphatic carbocycles. The van der Waals surface area contributed by atoms with E-state index in [1.54, 1.807) is 0 Å². The van der Waals surface area contributed by atoms with Gasteiger partial charge >= 0.3 is 5.97 Å². The Morgan fingerprint density at radius 3 is 2.56 bits per heavy atom. The Morgan fingerprint density at radius 2 is 2.00 bits per heavy atom. The molecule has 1 fully saturated rings. The number of methoxy groups -OCH3 is 1. The van der Waals surface area contributed by atoms with Crippen molar-refractivity contribution in [3.05, 3.63) is 24.3 Å². The van der Waals surface area contributed by atoms with Crippen LogP contribution in [0.15, 0.2) is 24.3 Å². The number of rotatable bonds is 6. The standard InChI is InChI=1S/C14H18O4/c1-3-17-11-6-4-5-7-12(11)18-13(10-8-9-10)14(15)16-2/h4-7,10,13H,3,8-9H2,1-2H3. The van der Waals surface area contributed by atoms with Gasteiger partial charge in [-0.1, -0.05) is 12.1 Å². The van der Waals surface area contributed by atoms with E-state index in [1.165, 1.54) is 7.11 Å². The number of hydrogen-bond donors (Lipinski definition) is 0. The predicted octanol–water partition coefficient (Wildman–Crippen LogP) is 2.42. The molecule has 18 heavy (non-hydrogen) atoms. The second-order valence-corrected chi connectivity index (χ2v) is 4.28. The van der Waals surface area contributed by atoms with Gasteiger partial charge in [0.1, 0.15) is 0 Å². The first-order chi connectivity index (χ1) is 8.76. The predicted molar refractivity (Wildman–Crippen MR) is 66.8 cm³/mol. The molecule has 0 aromatic heterocycles. The van der Waals surface area contributed by atoms with E-state index in [4.69, 9.17) is 14.2 Å². The van der Waals surface area contributed by atoms with Crippen LogP contribution in [-0.4, -0.2) is 25.8 Å². The number of carbonyl (C=O) groups is 1. The third kappa shape index (κ3) is 2.94. The molecule has 1 aromatic rings. The van der Waals surface area contributed by atoms with Gasteiger partial charge in [-0.3, -0.25) is 0 Å². The Labute approximate surface area is 107 Å². The van der Waals surface area contributed by atoms with Crippen molar-refractivity contribution in [2.45, 2.75) is 25.9 Å². The molecule has 0 amide bonds. The summed E-state index contributed by atoms with van der Waals surface area (Å²) >= 11 is 0. The van der Waals surface area contributed by atoms with Gasteiger partial charge in [-0.15, -0.1) is 0 Å². The largest absolute Gasteiger partial charge is 0.490 e. The van der Waals surface area contributed by atoms with Crippen LogP contribution in [0.1, 0.15) is 19.8 Å². The van der Waals surface area contributed by atoms with Gasteiger partial charge in [0.05, 0.1) is 13.7 Å². The van der Waals surface area contributed by atoms with Crippen LogP contribution in [0.5, 0.6) is 11.5 Å². The van der Waals surface area contributed by atoms with E-state index in [2.05, 4.69) is 0 Å². The minimum absolute atomic E-state index is 0.270. The SMILES string of the molecule is CCOc1ccccc1OC(C(=O)OC)C1CC1. The highest BCUT2D eigenvalue weighted by Gasteiger charge is 2.39.